The summed E-state index contributed by atoms with van der Waals surface area (Å²) in [6.07, 6.45) is 0. The summed E-state index contributed by atoms with van der Waals surface area (Å²) in [6, 6.07) is 9.62. The van der Waals surface area contributed by atoms with Gasteiger partial charge in [0.2, 0.25) is 0 Å². The van der Waals surface area contributed by atoms with Gasteiger partial charge in [-0.05, 0) is 6.92 Å². The van der Waals surface area contributed by atoms with E-state index in [0.29, 0.717) is 0 Å². The number of carbonyl (C=O) groups is 1. The van der Waals surface area contributed by atoms with Crippen molar-refractivity contribution in [2.24, 2.45) is 0 Å². The van der Waals surface area contributed by atoms with Crippen LogP contribution in [-0.2, 0) is 0 Å². The average molecular weight is 210 g/mol. The molecule has 0 aliphatic rings. The minimum Gasteiger partial charge on any atom is -0.412 e. The van der Waals surface area contributed by atoms with Crippen LogP contribution < -0.4 is 5.46 Å². The van der Waals surface area contributed by atoms with E-state index in [4.69, 9.17) is 0 Å². The summed E-state index contributed by atoms with van der Waals surface area (Å²) in [5.74, 6) is 0.0497. The van der Waals surface area contributed by atoms with E-state index >= 15 is 0 Å². The lowest BCUT2D eigenvalue weighted by Crippen LogP contribution is -2.35. The summed E-state index contributed by atoms with van der Waals surface area (Å²) in [7, 11) is 3.44. The largest absolute Gasteiger partial charge is 0.412 e. The highest BCUT2D eigenvalue weighted by molar-refractivity contribution is 6.83. The van der Waals surface area contributed by atoms with Gasteiger partial charge in [0.05, 0.1) is 0 Å². The van der Waals surface area contributed by atoms with Gasteiger partial charge in [0.1, 0.15) is 0 Å². The zero-order valence-electron chi connectivity index (χ0n) is 9.03. The van der Waals surface area contributed by atoms with Gasteiger partial charge in [-0.15, -0.1) is 0 Å². The predicted molar refractivity (Wildman–Crippen MR) is 62.8 cm³/mol. The molecule has 0 bridgehead atoms. The Morgan fingerprint density at radius 1 is 1.27 bits per heavy atom. The number of hydrogen-bond acceptors (Lipinski definition) is 1. The van der Waals surface area contributed by atoms with Crippen molar-refractivity contribution in [3.8, 4) is 0 Å². The van der Waals surface area contributed by atoms with Crippen LogP contribution >= 0.6 is 0 Å². The summed E-state index contributed by atoms with van der Waals surface area (Å²) < 4.78 is 0. The molecule has 0 heterocycles. The maximum atomic E-state index is 11.4. The topological polar surface area (TPSA) is 83.3 Å². The molecule has 0 fully saturated rings. The van der Waals surface area contributed by atoms with Crippen molar-refractivity contribution in [2.75, 3.05) is 13.6 Å². The molecule has 4 N–H and O–H groups in total. The molecule has 1 amide bonds. The lowest BCUT2D eigenvalue weighted by atomic mass is 9.69. The standard InChI is InChI=1S/C10H13BNO.2H2O/c1-3-12(2)10(13)11-9-7-5-4-6-8-9;;/h4-8H,3H2,1-2H3;2*1H2. The third-order valence-electron chi connectivity index (χ3n) is 1.94. The van der Waals surface area contributed by atoms with Crippen molar-refractivity contribution in [3.63, 3.8) is 0 Å². The van der Waals surface area contributed by atoms with Crippen LogP contribution in [0.1, 0.15) is 6.92 Å². The molecule has 0 saturated carbocycles. The number of carbonyl (C=O) groups excluding carboxylic acids is 1. The van der Waals surface area contributed by atoms with Crippen molar-refractivity contribution < 1.29 is 15.7 Å². The molecule has 1 rings (SSSR count). The van der Waals surface area contributed by atoms with Gasteiger partial charge in [-0.3, -0.25) is 4.79 Å². The van der Waals surface area contributed by atoms with Crippen LogP contribution in [0.5, 0.6) is 0 Å². The molecular weight excluding hydrogens is 193 g/mol. The fourth-order valence-electron chi connectivity index (χ4n) is 0.958. The molecule has 1 aromatic carbocycles. The first-order valence-electron chi connectivity index (χ1n) is 4.39. The first-order valence-corrected chi connectivity index (χ1v) is 4.39. The zero-order chi connectivity index (χ0) is 9.68. The molecule has 1 aromatic rings. The minimum atomic E-state index is 0. The quantitative estimate of drug-likeness (QED) is 0.615. The van der Waals surface area contributed by atoms with Crippen molar-refractivity contribution >= 4 is 18.5 Å². The Morgan fingerprint density at radius 3 is 2.27 bits per heavy atom. The van der Waals surface area contributed by atoms with Crippen LogP contribution in [0.4, 0.5) is 4.79 Å². The Hall–Kier alpha value is -1.33. The van der Waals surface area contributed by atoms with E-state index in [1.54, 1.807) is 19.2 Å². The first-order chi connectivity index (χ1) is 6.24. The van der Waals surface area contributed by atoms with E-state index in [1.165, 1.54) is 0 Å². The normalized spacial score (nSPS) is 8.13. The number of benzene rings is 1. The SMILES string of the molecule is CCN(C)C(=O)[B]c1ccccc1.O.O. The molecule has 0 aliphatic heterocycles. The van der Waals surface area contributed by atoms with E-state index in [2.05, 4.69) is 0 Å². The number of hydrogen-bond donors (Lipinski definition) is 0. The number of rotatable bonds is 3. The highest BCUT2D eigenvalue weighted by Crippen LogP contribution is 1.87. The Kier molecular flexibility index (Phi) is 8.62. The maximum absolute atomic E-state index is 11.4. The molecular formula is C10H17BNO3. The Labute approximate surface area is 90.8 Å². The summed E-state index contributed by atoms with van der Waals surface area (Å²) in [5.41, 5.74) is 0.952. The van der Waals surface area contributed by atoms with Crippen LogP contribution in [-0.4, -0.2) is 42.5 Å². The van der Waals surface area contributed by atoms with Crippen molar-refractivity contribution in [1.82, 2.24) is 4.90 Å². The van der Waals surface area contributed by atoms with Crippen LogP contribution in [0.2, 0.25) is 0 Å². The molecule has 0 spiro atoms. The van der Waals surface area contributed by atoms with E-state index in [9.17, 15) is 4.79 Å². The minimum absolute atomic E-state index is 0. The lowest BCUT2D eigenvalue weighted by Gasteiger charge is -2.13. The van der Waals surface area contributed by atoms with E-state index in [1.807, 2.05) is 37.3 Å². The zero-order valence-corrected chi connectivity index (χ0v) is 9.03. The first kappa shape index (κ1) is 16.1. The number of amides is 1. The molecule has 83 valence electrons. The Bertz CT molecular complexity index is 279. The highest BCUT2D eigenvalue weighted by atomic mass is 16.1. The summed E-state index contributed by atoms with van der Waals surface area (Å²) in [6.45, 7) is 2.69. The van der Waals surface area contributed by atoms with Gasteiger partial charge < -0.3 is 15.9 Å². The molecule has 4 nitrogen and oxygen atoms in total. The summed E-state index contributed by atoms with van der Waals surface area (Å²) >= 11 is 0. The van der Waals surface area contributed by atoms with Gasteiger partial charge in [0.15, 0.2) is 5.81 Å². The maximum Gasteiger partial charge on any atom is 0.271 e. The second-order valence-corrected chi connectivity index (χ2v) is 2.91. The molecule has 0 atom stereocenters. The third kappa shape index (κ3) is 5.19. The summed E-state index contributed by atoms with van der Waals surface area (Å²) in [4.78, 5) is 13.1. The van der Waals surface area contributed by atoms with Gasteiger partial charge in [-0.1, -0.05) is 35.8 Å². The van der Waals surface area contributed by atoms with Gasteiger partial charge in [-0.2, -0.15) is 0 Å². The molecule has 0 saturated heterocycles. The third-order valence-corrected chi connectivity index (χ3v) is 1.94. The monoisotopic (exact) mass is 210 g/mol. The number of nitrogens with zero attached hydrogens (tertiary/aromatic N) is 1. The second kappa shape index (κ2) is 8.02. The molecule has 0 unspecified atom stereocenters. The van der Waals surface area contributed by atoms with Gasteiger partial charge in [-0.25, -0.2) is 0 Å². The van der Waals surface area contributed by atoms with Crippen LogP contribution in [0.15, 0.2) is 30.3 Å². The molecule has 0 aliphatic carbocycles. The van der Waals surface area contributed by atoms with Crippen molar-refractivity contribution in [3.05, 3.63) is 30.3 Å². The van der Waals surface area contributed by atoms with Crippen molar-refractivity contribution in [1.29, 1.82) is 0 Å². The molecule has 15 heavy (non-hydrogen) atoms. The molecule has 0 aromatic heterocycles. The van der Waals surface area contributed by atoms with Crippen LogP contribution in [0.25, 0.3) is 0 Å². The molecule has 1 radical (unpaired) electrons. The predicted octanol–water partition coefficient (Wildman–Crippen LogP) is -0.562. The van der Waals surface area contributed by atoms with Crippen LogP contribution in [0.3, 0.4) is 0 Å². The fraction of sp³-hybridized carbons (Fsp3) is 0.300. The Balaban J connectivity index is 0. The smallest absolute Gasteiger partial charge is 0.271 e. The lowest BCUT2D eigenvalue weighted by molar-refractivity contribution is 0.234. The average Bonchev–Trinajstić information content (AvgIpc) is 2.18. The summed E-state index contributed by atoms with van der Waals surface area (Å²) in [5, 5.41) is 0. The Morgan fingerprint density at radius 2 is 1.80 bits per heavy atom. The van der Waals surface area contributed by atoms with Gasteiger partial charge >= 0.3 is 0 Å². The van der Waals surface area contributed by atoms with Crippen molar-refractivity contribution in [2.45, 2.75) is 6.92 Å². The van der Waals surface area contributed by atoms with Gasteiger partial charge in [0, 0.05) is 13.6 Å². The second-order valence-electron chi connectivity index (χ2n) is 2.91. The molecule has 5 heteroatoms. The van der Waals surface area contributed by atoms with Gasteiger partial charge in [0.25, 0.3) is 7.28 Å². The highest BCUT2D eigenvalue weighted by Gasteiger charge is 2.08. The van der Waals surface area contributed by atoms with E-state index in [-0.39, 0.29) is 16.8 Å². The van der Waals surface area contributed by atoms with Crippen LogP contribution in [0, 0.1) is 0 Å². The van der Waals surface area contributed by atoms with E-state index < -0.39 is 0 Å². The fourth-order valence-corrected chi connectivity index (χ4v) is 0.958. The van der Waals surface area contributed by atoms with E-state index in [0.717, 1.165) is 12.0 Å².